The molecule has 0 amide bonds. The van der Waals surface area contributed by atoms with E-state index in [1.165, 1.54) is 29.0 Å². The molecule has 0 aliphatic rings. The Balaban J connectivity index is 2.13. The molecule has 6 nitrogen and oxygen atoms in total. The third-order valence-corrected chi connectivity index (χ3v) is 4.62. The zero-order valence-corrected chi connectivity index (χ0v) is 15.0. The first kappa shape index (κ1) is 18.1. The van der Waals surface area contributed by atoms with Gasteiger partial charge in [-0.15, -0.1) is 0 Å². The normalized spacial score (nSPS) is 11.6. The van der Waals surface area contributed by atoms with Gasteiger partial charge in [0.15, 0.2) is 0 Å². The molecule has 134 valence electrons. The van der Waals surface area contributed by atoms with Crippen LogP contribution >= 0.6 is 0 Å². The second-order valence-corrected chi connectivity index (χ2v) is 6.27. The smallest absolute Gasteiger partial charge is 0.250 e. The van der Waals surface area contributed by atoms with Gasteiger partial charge in [-0.05, 0) is 43.2 Å². The lowest BCUT2D eigenvalue weighted by Crippen LogP contribution is -2.17. The van der Waals surface area contributed by atoms with Gasteiger partial charge in [-0.25, -0.2) is 9.37 Å². The molecule has 0 saturated heterocycles. The number of aromatic nitrogens is 2. The van der Waals surface area contributed by atoms with Crippen LogP contribution in [-0.2, 0) is 7.05 Å². The molecule has 2 heterocycles. The maximum atomic E-state index is 13.9. The summed E-state index contributed by atoms with van der Waals surface area (Å²) in [6.45, 7) is 3.59. The highest BCUT2D eigenvalue weighted by atomic mass is 19.1. The predicted molar refractivity (Wildman–Crippen MR) is 99.6 cm³/mol. The van der Waals surface area contributed by atoms with Crippen LogP contribution in [0.2, 0.25) is 0 Å². The molecule has 0 saturated carbocycles. The van der Waals surface area contributed by atoms with Crippen molar-refractivity contribution in [3.8, 4) is 12.1 Å². The standard InChI is InChI=1S/C20H16FN5O/c1-11-13(8-22)6-15(21)7-17(11)12(2)25-20-16-4-5-18(27)26(3)19(16)14(9-23)10-24-20/h4-7,10,12H,1-3H3,(H,24,25)/t12-/m1/s1. The van der Waals surface area contributed by atoms with Gasteiger partial charge in [0.25, 0.3) is 5.56 Å². The molecule has 1 atom stereocenters. The van der Waals surface area contributed by atoms with Crippen LogP contribution < -0.4 is 10.9 Å². The highest BCUT2D eigenvalue weighted by Crippen LogP contribution is 2.28. The molecule has 0 fully saturated rings. The summed E-state index contributed by atoms with van der Waals surface area (Å²) in [5, 5.41) is 22.3. The van der Waals surface area contributed by atoms with Gasteiger partial charge in [0, 0.05) is 24.7 Å². The van der Waals surface area contributed by atoms with E-state index < -0.39 is 5.82 Å². The number of nitriles is 2. The molecule has 0 aliphatic heterocycles. The van der Waals surface area contributed by atoms with E-state index in [1.54, 1.807) is 20.0 Å². The van der Waals surface area contributed by atoms with Crippen molar-refractivity contribution in [3.63, 3.8) is 0 Å². The Morgan fingerprint density at radius 3 is 2.59 bits per heavy atom. The van der Waals surface area contributed by atoms with Crippen LogP contribution in [0.4, 0.5) is 10.2 Å². The first-order chi connectivity index (χ1) is 12.9. The number of nitrogens with one attached hydrogen (secondary N) is 1. The summed E-state index contributed by atoms with van der Waals surface area (Å²) in [5.41, 5.74) is 2.13. The maximum absolute atomic E-state index is 13.9. The predicted octanol–water partition coefficient (Wildman–Crippen LogP) is 3.30. The van der Waals surface area contributed by atoms with Crippen molar-refractivity contribution in [2.45, 2.75) is 19.9 Å². The number of rotatable bonds is 3. The molecule has 0 unspecified atom stereocenters. The van der Waals surface area contributed by atoms with E-state index in [9.17, 15) is 19.7 Å². The monoisotopic (exact) mass is 361 g/mol. The number of hydrogen-bond donors (Lipinski definition) is 1. The molecule has 7 heteroatoms. The van der Waals surface area contributed by atoms with Gasteiger partial charge in [0.1, 0.15) is 17.7 Å². The summed E-state index contributed by atoms with van der Waals surface area (Å²) in [6.07, 6.45) is 1.40. The molecular weight excluding hydrogens is 345 g/mol. The molecule has 0 aliphatic carbocycles. The number of halogens is 1. The third kappa shape index (κ3) is 3.11. The Morgan fingerprint density at radius 1 is 1.22 bits per heavy atom. The van der Waals surface area contributed by atoms with Crippen molar-refractivity contribution >= 4 is 16.7 Å². The first-order valence-electron chi connectivity index (χ1n) is 8.23. The second kappa shape index (κ2) is 6.89. The number of aryl methyl sites for hydroxylation is 1. The van der Waals surface area contributed by atoms with Gasteiger partial charge in [0.2, 0.25) is 0 Å². The van der Waals surface area contributed by atoms with Crippen molar-refractivity contribution in [2.75, 3.05) is 5.32 Å². The third-order valence-electron chi connectivity index (χ3n) is 4.62. The average molecular weight is 361 g/mol. The lowest BCUT2D eigenvalue weighted by Gasteiger charge is -2.20. The maximum Gasteiger partial charge on any atom is 0.250 e. The number of pyridine rings is 2. The van der Waals surface area contributed by atoms with Gasteiger partial charge < -0.3 is 9.88 Å². The quantitative estimate of drug-likeness (QED) is 0.772. The van der Waals surface area contributed by atoms with E-state index in [0.717, 1.165) is 0 Å². The van der Waals surface area contributed by atoms with Crippen LogP contribution in [0.15, 0.2) is 35.3 Å². The van der Waals surface area contributed by atoms with E-state index in [0.29, 0.717) is 27.8 Å². The van der Waals surface area contributed by atoms with Crippen molar-refractivity contribution in [1.29, 1.82) is 10.5 Å². The van der Waals surface area contributed by atoms with Crippen LogP contribution in [0.3, 0.4) is 0 Å². The number of hydrogen-bond acceptors (Lipinski definition) is 5. The van der Waals surface area contributed by atoms with E-state index in [4.69, 9.17) is 0 Å². The Bertz CT molecular complexity index is 1200. The Labute approximate surface area is 155 Å². The fourth-order valence-electron chi connectivity index (χ4n) is 3.16. The minimum Gasteiger partial charge on any atom is -0.363 e. The van der Waals surface area contributed by atoms with Gasteiger partial charge in [-0.2, -0.15) is 10.5 Å². The van der Waals surface area contributed by atoms with Crippen LogP contribution in [0.1, 0.15) is 35.2 Å². The summed E-state index contributed by atoms with van der Waals surface area (Å²) < 4.78 is 15.3. The van der Waals surface area contributed by atoms with E-state index in [-0.39, 0.29) is 22.7 Å². The Kier molecular flexibility index (Phi) is 4.62. The first-order valence-corrected chi connectivity index (χ1v) is 8.23. The molecule has 0 spiro atoms. The lowest BCUT2D eigenvalue weighted by molar-refractivity contribution is 0.622. The zero-order chi connectivity index (χ0) is 19.7. The van der Waals surface area contributed by atoms with Crippen LogP contribution in [0, 0.1) is 35.4 Å². The van der Waals surface area contributed by atoms with Crippen molar-refractivity contribution in [2.24, 2.45) is 7.05 Å². The van der Waals surface area contributed by atoms with Crippen LogP contribution in [-0.4, -0.2) is 9.55 Å². The molecule has 2 aromatic heterocycles. The van der Waals surface area contributed by atoms with Gasteiger partial charge in [-0.3, -0.25) is 4.79 Å². The Hall–Kier alpha value is -3.71. The number of nitrogens with zero attached hydrogens (tertiary/aromatic N) is 4. The van der Waals surface area contributed by atoms with E-state index in [2.05, 4.69) is 10.3 Å². The van der Waals surface area contributed by atoms with Crippen molar-refractivity contribution < 1.29 is 4.39 Å². The molecule has 1 aromatic carbocycles. The van der Waals surface area contributed by atoms with Gasteiger partial charge >= 0.3 is 0 Å². The molecule has 3 aromatic rings. The van der Waals surface area contributed by atoms with Gasteiger partial charge in [-0.1, -0.05) is 0 Å². The average Bonchev–Trinajstić information content (AvgIpc) is 2.66. The zero-order valence-electron chi connectivity index (χ0n) is 15.0. The summed E-state index contributed by atoms with van der Waals surface area (Å²) in [4.78, 5) is 16.3. The highest BCUT2D eigenvalue weighted by Gasteiger charge is 2.17. The topological polar surface area (TPSA) is 94.5 Å². The largest absolute Gasteiger partial charge is 0.363 e. The van der Waals surface area contributed by atoms with Crippen molar-refractivity contribution in [3.05, 3.63) is 68.9 Å². The molecule has 3 rings (SSSR count). The van der Waals surface area contributed by atoms with E-state index in [1.807, 2.05) is 19.1 Å². The molecular formula is C20H16FN5O. The number of benzene rings is 1. The minimum absolute atomic E-state index is 0.233. The fraction of sp³-hybridized carbons (Fsp3) is 0.200. The number of anilines is 1. The fourth-order valence-corrected chi connectivity index (χ4v) is 3.16. The van der Waals surface area contributed by atoms with E-state index >= 15 is 0 Å². The molecule has 1 N–H and O–H groups in total. The van der Waals surface area contributed by atoms with Gasteiger partial charge in [0.05, 0.1) is 28.8 Å². The lowest BCUT2D eigenvalue weighted by atomic mass is 9.97. The summed E-state index contributed by atoms with van der Waals surface area (Å²) in [7, 11) is 1.59. The van der Waals surface area contributed by atoms with Crippen molar-refractivity contribution in [1.82, 2.24) is 9.55 Å². The molecule has 0 radical (unpaired) electrons. The molecule has 0 bridgehead atoms. The summed E-state index contributed by atoms with van der Waals surface area (Å²) >= 11 is 0. The van der Waals surface area contributed by atoms with Crippen LogP contribution in [0.25, 0.3) is 10.9 Å². The summed E-state index contributed by atoms with van der Waals surface area (Å²) in [6, 6.07) is 9.29. The van der Waals surface area contributed by atoms with Crippen LogP contribution in [0.5, 0.6) is 0 Å². The minimum atomic E-state index is -0.485. The summed E-state index contributed by atoms with van der Waals surface area (Å²) in [5.74, 6) is -0.0184. The highest BCUT2D eigenvalue weighted by molar-refractivity contribution is 5.93. The SMILES string of the molecule is Cc1c(C#N)cc(F)cc1[C@@H](C)Nc1ncc(C#N)c2c1ccc(=O)n2C. The second-order valence-electron chi connectivity index (χ2n) is 6.27. The molecule has 27 heavy (non-hydrogen) atoms. The number of fused-ring (bicyclic) bond motifs is 1. The Morgan fingerprint density at radius 2 is 1.93 bits per heavy atom.